The van der Waals surface area contributed by atoms with Crippen LogP contribution in [-0.2, 0) is 36.9 Å². The molecule has 0 aliphatic carbocycles. The van der Waals surface area contributed by atoms with Gasteiger partial charge in [-0.3, -0.25) is 0 Å². The molecule has 0 spiro atoms. The van der Waals surface area contributed by atoms with E-state index in [0.717, 1.165) is 35.1 Å². The van der Waals surface area contributed by atoms with Crippen LogP contribution in [0.4, 0.5) is 0 Å². The van der Waals surface area contributed by atoms with Gasteiger partial charge in [0, 0.05) is 18.5 Å². The minimum atomic E-state index is -1.29. The molecule has 50 heavy (non-hydrogen) atoms. The van der Waals surface area contributed by atoms with E-state index < -0.39 is 40.9 Å². The van der Waals surface area contributed by atoms with Gasteiger partial charge in [-0.25, -0.2) is 19.7 Å². The van der Waals surface area contributed by atoms with E-state index in [0.29, 0.717) is 18.1 Å². The van der Waals surface area contributed by atoms with Crippen molar-refractivity contribution in [2.24, 2.45) is 0 Å². The zero-order chi connectivity index (χ0) is 36.0. The Balaban J connectivity index is 1.39. The van der Waals surface area contributed by atoms with Crippen LogP contribution in [0.25, 0.3) is 22.5 Å². The first-order valence-corrected chi connectivity index (χ1v) is 16.1. The third-order valence-electron chi connectivity index (χ3n) is 7.47. The number of nitrogens with one attached hydrogen (secondary N) is 1. The average molecular weight is 715 g/mol. The first kappa shape index (κ1) is 37.2. The molecule has 0 saturated heterocycles. The van der Waals surface area contributed by atoms with E-state index in [1.54, 1.807) is 4.57 Å². The highest BCUT2D eigenvalue weighted by Gasteiger charge is 2.28. The van der Waals surface area contributed by atoms with Gasteiger partial charge in [-0.15, -0.1) is 25.3 Å². The van der Waals surface area contributed by atoms with Crippen LogP contribution in [0.5, 0.6) is 0 Å². The normalized spacial score (nSPS) is 12.1. The van der Waals surface area contributed by atoms with Gasteiger partial charge in [0.2, 0.25) is 0 Å². The summed E-state index contributed by atoms with van der Waals surface area (Å²) in [6.45, 7) is 2.92. The van der Waals surface area contributed by atoms with Crippen LogP contribution < -0.4 is 0 Å². The molecule has 0 aliphatic rings. The zero-order valence-electron chi connectivity index (χ0n) is 27.2. The van der Waals surface area contributed by atoms with Crippen molar-refractivity contribution in [3.63, 3.8) is 0 Å². The summed E-state index contributed by atoms with van der Waals surface area (Å²) >= 11 is 6.47. The number of H-pyrrole nitrogens is 1. The Kier molecular flexibility index (Phi) is 13.5. The summed E-state index contributed by atoms with van der Waals surface area (Å²) in [6.07, 6.45) is 0.349. The molecule has 0 amide bonds. The quantitative estimate of drug-likeness (QED) is 0.0560. The van der Waals surface area contributed by atoms with Crippen LogP contribution in [0.3, 0.4) is 0 Å². The van der Waals surface area contributed by atoms with Gasteiger partial charge in [0.15, 0.2) is 22.8 Å². The standard InChI is InChI=1S/C31H35ClN8O10/c1-3-4-12-26-33-28(32)27(31(42)49-20(2)30(41)47-17-8-7-9-23(50-40(45)46)19-48-39(43)44)38(26)18-21-13-15-22(16-14-21)24-10-5-6-11-25(24)29-34-36-37-35-29/h5-6,10-11,13-16,20,23H,3-4,7-9,12,17-19H2,1-2H3,(H,34,35,36,37)/t20-,23-/m0/s1. The Morgan fingerprint density at radius 2 is 1.76 bits per heavy atom. The maximum atomic E-state index is 13.4. The Hall–Kier alpha value is -5.65. The largest absolute Gasteiger partial charge is 0.463 e. The van der Waals surface area contributed by atoms with Gasteiger partial charge in [0.1, 0.15) is 18.5 Å². The van der Waals surface area contributed by atoms with E-state index in [2.05, 4.69) is 35.3 Å². The number of nitrogens with zero attached hydrogens (tertiary/aromatic N) is 7. The van der Waals surface area contributed by atoms with E-state index in [-0.39, 0.29) is 43.3 Å². The fourth-order valence-corrected chi connectivity index (χ4v) is 5.28. The third kappa shape index (κ3) is 10.4. The number of rotatable bonds is 20. The Bertz CT molecular complexity index is 1750. The number of tetrazole rings is 1. The molecule has 2 heterocycles. The summed E-state index contributed by atoms with van der Waals surface area (Å²) in [4.78, 5) is 60.0. The van der Waals surface area contributed by atoms with Crippen molar-refractivity contribution in [2.45, 2.75) is 71.1 Å². The van der Waals surface area contributed by atoms with Crippen LogP contribution >= 0.6 is 11.6 Å². The number of imidazole rings is 1. The molecule has 0 saturated carbocycles. The summed E-state index contributed by atoms with van der Waals surface area (Å²) in [5.74, 6) is -0.546. The molecule has 4 rings (SSSR count). The lowest BCUT2D eigenvalue weighted by molar-refractivity contribution is -0.790. The first-order valence-electron chi connectivity index (χ1n) is 15.7. The first-order chi connectivity index (χ1) is 24.1. The number of ether oxygens (including phenoxy) is 2. The van der Waals surface area contributed by atoms with Crippen molar-refractivity contribution in [2.75, 3.05) is 13.2 Å². The smallest absolute Gasteiger partial charge is 0.359 e. The molecule has 0 aliphatic heterocycles. The highest BCUT2D eigenvalue weighted by Crippen LogP contribution is 2.30. The predicted octanol–water partition coefficient (Wildman–Crippen LogP) is 4.82. The lowest BCUT2D eigenvalue weighted by Gasteiger charge is -2.16. The Morgan fingerprint density at radius 1 is 1.02 bits per heavy atom. The predicted molar refractivity (Wildman–Crippen MR) is 175 cm³/mol. The highest BCUT2D eigenvalue weighted by atomic mass is 35.5. The maximum Gasteiger partial charge on any atom is 0.359 e. The number of aryl methyl sites for hydroxylation is 1. The number of carbonyl (C=O) groups is 2. The van der Waals surface area contributed by atoms with Gasteiger partial charge in [0.25, 0.3) is 10.2 Å². The molecule has 0 radical (unpaired) electrons. The molecular formula is C31H35ClN8O10. The Labute approximate surface area is 290 Å². The van der Waals surface area contributed by atoms with Gasteiger partial charge >= 0.3 is 11.9 Å². The van der Waals surface area contributed by atoms with Crippen LogP contribution in [0.2, 0.25) is 5.15 Å². The molecule has 1 N–H and O–H groups in total. The van der Waals surface area contributed by atoms with E-state index in [9.17, 15) is 29.8 Å². The second-order valence-electron chi connectivity index (χ2n) is 11.0. The molecule has 4 aromatic rings. The fourth-order valence-electron chi connectivity index (χ4n) is 5.01. The van der Waals surface area contributed by atoms with E-state index in [4.69, 9.17) is 21.1 Å². The molecule has 0 fully saturated rings. The molecule has 2 aromatic carbocycles. The second-order valence-corrected chi connectivity index (χ2v) is 11.4. The number of carbonyl (C=O) groups excluding carboxylic acids is 2. The van der Waals surface area contributed by atoms with Crippen molar-refractivity contribution < 1.29 is 38.9 Å². The van der Waals surface area contributed by atoms with Crippen LogP contribution in [0.15, 0.2) is 48.5 Å². The van der Waals surface area contributed by atoms with Gasteiger partial charge in [-0.1, -0.05) is 73.5 Å². The van der Waals surface area contributed by atoms with Gasteiger partial charge in [0.05, 0.1) is 6.61 Å². The molecule has 18 nitrogen and oxygen atoms in total. The topological polar surface area (TPSA) is 230 Å². The van der Waals surface area contributed by atoms with Crippen LogP contribution in [-0.4, -0.2) is 77.7 Å². The van der Waals surface area contributed by atoms with Crippen molar-refractivity contribution in [1.29, 1.82) is 0 Å². The number of hydrogen-bond donors (Lipinski definition) is 1. The summed E-state index contributed by atoms with van der Waals surface area (Å²) < 4.78 is 12.3. The molecule has 2 aromatic heterocycles. The molecule has 0 unspecified atom stereocenters. The van der Waals surface area contributed by atoms with Crippen molar-refractivity contribution in [3.8, 4) is 22.5 Å². The number of unbranched alkanes of at least 4 members (excludes halogenated alkanes) is 2. The van der Waals surface area contributed by atoms with Crippen molar-refractivity contribution in [3.05, 3.63) is 91.0 Å². The molecule has 2 atom stereocenters. The molecule has 266 valence electrons. The van der Waals surface area contributed by atoms with Crippen LogP contribution in [0.1, 0.15) is 67.8 Å². The number of hydrogen-bond acceptors (Lipinski definition) is 14. The number of aromatic nitrogens is 6. The lowest BCUT2D eigenvalue weighted by atomic mass is 9.98. The summed E-state index contributed by atoms with van der Waals surface area (Å²) in [6, 6.07) is 15.5. The second kappa shape index (κ2) is 18.2. The fraction of sp³-hybridized carbons (Fsp3) is 0.419. The van der Waals surface area contributed by atoms with Gasteiger partial charge in [-0.2, -0.15) is 0 Å². The van der Waals surface area contributed by atoms with Crippen molar-refractivity contribution in [1.82, 2.24) is 30.2 Å². The summed E-state index contributed by atoms with van der Waals surface area (Å²) in [7, 11) is 0. The van der Waals surface area contributed by atoms with Crippen molar-refractivity contribution >= 4 is 23.5 Å². The van der Waals surface area contributed by atoms with E-state index in [1.165, 1.54) is 6.92 Å². The minimum Gasteiger partial charge on any atom is -0.463 e. The monoisotopic (exact) mass is 714 g/mol. The summed E-state index contributed by atoms with van der Waals surface area (Å²) in [5.41, 5.74) is 3.54. The maximum absolute atomic E-state index is 13.4. The van der Waals surface area contributed by atoms with Crippen LogP contribution in [0, 0.1) is 20.2 Å². The molecular weight excluding hydrogens is 680 g/mol. The SMILES string of the molecule is CCCCc1nc(Cl)c(C(=O)O[C@@H](C)C(=O)OCCCC[C@@H](CO[N+](=O)[O-])O[N+](=O)[O-])n1Cc1ccc(-c2ccccc2-c2nnn[nH]2)cc1. The highest BCUT2D eigenvalue weighted by molar-refractivity contribution is 6.32. The number of benzene rings is 2. The van der Waals surface area contributed by atoms with Gasteiger partial charge < -0.3 is 23.7 Å². The van der Waals surface area contributed by atoms with E-state index in [1.807, 2.05) is 55.5 Å². The number of halogens is 1. The van der Waals surface area contributed by atoms with Gasteiger partial charge in [-0.05, 0) is 59.7 Å². The van der Waals surface area contributed by atoms with E-state index >= 15 is 0 Å². The third-order valence-corrected chi connectivity index (χ3v) is 7.73. The average Bonchev–Trinajstić information content (AvgIpc) is 3.74. The molecule has 19 heteroatoms. The number of aromatic amines is 1. The summed E-state index contributed by atoms with van der Waals surface area (Å²) in [5, 5.41) is 33.0. The Morgan fingerprint density at radius 3 is 2.42 bits per heavy atom. The zero-order valence-corrected chi connectivity index (χ0v) is 28.0. The molecule has 0 bridgehead atoms. The minimum absolute atomic E-state index is 0.00145. The lowest BCUT2D eigenvalue weighted by Crippen LogP contribution is -2.28. The number of esters is 2.